The Hall–Kier alpha value is -4.82. The molecule has 1 saturated carbocycles. The molecule has 1 heterocycles. The lowest BCUT2D eigenvalue weighted by atomic mass is 9.44. The molecule has 1 aliphatic heterocycles. The summed E-state index contributed by atoms with van der Waals surface area (Å²) in [6, 6.07) is 21.4. The quantitative estimate of drug-likeness (QED) is 0.320. The van der Waals surface area contributed by atoms with E-state index in [2.05, 4.69) is 0 Å². The van der Waals surface area contributed by atoms with E-state index in [-0.39, 0.29) is 40.8 Å². The number of Topliss-reactive ketones (excluding diaryl/α,β-unsaturated/α-hetero) is 1. The number of imide groups is 3. The van der Waals surface area contributed by atoms with Crippen molar-refractivity contribution in [1.82, 2.24) is 4.90 Å². The third-order valence-electron chi connectivity index (χ3n) is 9.89. The standard InChI is InChI=1S/C35H27ClN2O6/c36-27-15-20(39)11-12-22(27)30-21-13-14-23-29(33(43)38(32(23)42)34(37)44)25(21)16-26-31(41)24(18-7-3-1-4-8-18)17-28(40)35(26,30)19-9-5-2-6-10-19/h1-13,15,17,23,25-26,29-30,39H,14,16H2,(H2,37,44). The predicted molar refractivity (Wildman–Crippen MR) is 161 cm³/mol. The number of phenolic OH excluding ortho intramolecular Hbond substituents is 1. The number of phenols is 1. The van der Waals surface area contributed by atoms with Gasteiger partial charge >= 0.3 is 6.03 Å². The van der Waals surface area contributed by atoms with Crippen molar-refractivity contribution in [3.63, 3.8) is 0 Å². The van der Waals surface area contributed by atoms with Crippen molar-refractivity contribution in [2.75, 3.05) is 0 Å². The van der Waals surface area contributed by atoms with Crippen molar-refractivity contribution in [3.05, 3.63) is 118 Å². The van der Waals surface area contributed by atoms with Gasteiger partial charge in [0.15, 0.2) is 11.6 Å². The van der Waals surface area contributed by atoms with Gasteiger partial charge in [-0.25, -0.2) is 4.79 Å². The number of aromatic hydroxyl groups is 1. The van der Waals surface area contributed by atoms with Crippen LogP contribution in [0.3, 0.4) is 0 Å². The van der Waals surface area contributed by atoms with Crippen LogP contribution in [0, 0.1) is 23.7 Å². The van der Waals surface area contributed by atoms with Crippen LogP contribution in [0.15, 0.2) is 96.6 Å². The monoisotopic (exact) mass is 606 g/mol. The van der Waals surface area contributed by atoms with Gasteiger partial charge in [0, 0.05) is 22.4 Å². The molecule has 3 N–H and O–H groups in total. The Balaban J connectivity index is 1.52. The molecule has 1 saturated heterocycles. The van der Waals surface area contributed by atoms with E-state index in [1.807, 2.05) is 42.5 Å². The van der Waals surface area contributed by atoms with Gasteiger partial charge in [-0.15, -0.1) is 0 Å². The first-order valence-electron chi connectivity index (χ1n) is 14.4. The number of benzene rings is 3. The highest BCUT2D eigenvalue weighted by Crippen LogP contribution is 2.64. The number of carbonyl (C=O) groups is 5. The molecule has 7 rings (SSSR count). The largest absolute Gasteiger partial charge is 0.508 e. The molecule has 3 aromatic carbocycles. The zero-order valence-electron chi connectivity index (χ0n) is 23.4. The minimum absolute atomic E-state index is 0.0694. The topological polar surface area (TPSA) is 135 Å². The van der Waals surface area contributed by atoms with Crippen LogP contribution in [0.25, 0.3) is 5.57 Å². The second-order valence-electron chi connectivity index (χ2n) is 11.8. The van der Waals surface area contributed by atoms with Crippen LogP contribution in [-0.4, -0.2) is 39.4 Å². The van der Waals surface area contributed by atoms with Crippen molar-refractivity contribution in [1.29, 1.82) is 0 Å². The second kappa shape index (κ2) is 10.1. The SMILES string of the molecule is NC(=O)N1C(=O)C2CC=C3C(CC4C(=O)C(c5ccccc5)=CC(=O)C4(c4ccccc4)C3c3ccc(O)cc3Cl)C2C1=O. The molecular weight excluding hydrogens is 580 g/mol. The maximum atomic E-state index is 14.9. The molecule has 3 aliphatic carbocycles. The number of fused-ring (bicyclic) bond motifs is 4. The lowest BCUT2D eigenvalue weighted by Gasteiger charge is -2.55. The van der Waals surface area contributed by atoms with E-state index < -0.39 is 52.8 Å². The van der Waals surface area contributed by atoms with E-state index >= 15 is 0 Å². The van der Waals surface area contributed by atoms with Gasteiger partial charge in [-0.2, -0.15) is 4.90 Å². The van der Waals surface area contributed by atoms with Gasteiger partial charge in [0.25, 0.3) is 0 Å². The van der Waals surface area contributed by atoms with Gasteiger partial charge in [0.05, 0.1) is 17.3 Å². The number of urea groups is 1. The number of nitrogens with zero attached hydrogens (tertiary/aromatic N) is 1. The Bertz CT molecular complexity index is 1830. The highest BCUT2D eigenvalue weighted by Gasteiger charge is 2.66. The molecule has 4 aliphatic rings. The summed E-state index contributed by atoms with van der Waals surface area (Å²) >= 11 is 6.82. The molecule has 220 valence electrons. The van der Waals surface area contributed by atoms with E-state index in [9.17, 15) is 29.1 Å². The molecule has 6 atom stereocenters. The first-order chi connectivity index (χ1) is 21.2. The molecule has 0 spiro atoms. The molecule has 0 radical (unpaired) electrons. The summed E-state index contributed by atoms with van der Waals surface area (Å²) in [6.45, 7) is 0. The normalized spacial score (nSPS) is 29.4. The first kappa shape index (κ1) is 28.0. The summed E-state index contributed by atoms with van der Waals surface area (Å²) in [6.07, 6.45) is 3.53. The maximum Gasteiger partial charge on any atom is 0.328 e. The smallest absolute Gasteiger partial charge is 0.328 e. The van der Waals surface area contributed by atoms with Gasteiger partial charge in [0.2, 0.25) is 11.8 Å². The number of rotatable bonds is 3. The molecule has 44 heavy (non-hydrogen) atoms. The third-order valence-corrected chi connectivity index (χ3v) is 10.2. The number of halogens is 1. The number of carbonyl (C=O) groups excluding carboxylic acids is 5. The van der Waals surface area contributed by atoms with E-state index in [4.69, 9.17) is 17.3 Å². The van der Waals surface area contributed by atoms with Gasteiger partial charge in [-0.1, -0.05) is 90.0 Å². The molecular formula is C35H27ClN2O6. The van der Waals surface area contributed by atoms with E-state index in [1.54, 1.807) is 30.3 Å². The van der Waals surface area contributed by atoms with Crippen molar-refractivity contribution in [2.45, 2.75) is 24.2 Å². The fourth-order valence-corrected chi connectivity index (χ4v) is 8.47. The maximum absolute atomic E-state index is 14.9. The summed E-state index contributed by atoms with van der Waals surface area (Å²) in [4.78, 5) is 69.2. The fourth-order valence-electron chi connectivity index (χ4n) is 8.19. The number of allylic oxidation sites excluding steroid dienone is 4. The number of amides is 4. The Morgan fingerprint density at radius 3 is 2.25 bits per heavy atom. The highest BCUT2D eigenvalue weighted by atomic mass is 35.5. The molecule has 2 fully saturated rings. The fraction of sp³-hybridized carbons (Fsp3) is 0.229. The van der Waals surface area contributed by atoms with Crippen LogP contribution in [-0.2, 0) is 24.6 Å². The van der Waals surface area contributed by atoms with Crippen LogP contribution in [0.5, 0.6) is 5.75 Å². The van der Waals surface area contributed by atoms with Crippen molar-refractivity contribution < 1.29 is 29.1 Å². The van der Waals surface area contributed by atoms with Crippen molar-refractivity contribution in [2.24, 2.45) is 29.4 Å². The number of ketones is 2. The Kier molecular flexibility index (Phi) is 6.44. The molecule has 6 unspecified atom stereocenters. The molecule has 0 bridgehead atoms. The van der Waals surface area contributed by atoms with Gasteiger partial charge in [-0.3, -0.25) is 19.2 Å². The Labute approximate surface area is 257 Å². The lowest BCUT2D eigenvalue weighted by Crippen LogP contribution is -2.59. The minimum Gasteiger partial charge on any atom is -0.508 e. The summed E-state index contributed by atoms with van der Waals surface area (Å²) in [5.74, 6) is -6.13. The van der Waals surface area contributed by atoms with Crippen molar-refractivity contribution in [3.8, 4) is 5.75 Å². The molecule has 0 aromatic heterocycles. The third kappa shape index (κ3) is 3.80. The van der Waals surface area contributed by atoms with Gasteiger partial charge in [0.1, 0.15) is 5.75 Å². The van der Waals surface area contributed by atoms with Gasteiger partial charge in [-0.05, 0) is 53.7 Å². The molecule has 3 aromatic rings. The van der Waals surface area contributed by atoms with Crippen LogP contribution >= 0.6 is 11.6 Å². The molecule has 4 amide bonds. The predicted octanol–water partition coefficient (Wildman–Crippen LogP) is 4.95. The number of likely N-dealkylation sites (tertiary alicyclic amines) is 1. The molecule has 8 nitrogen and oxygen atoms in total. The average molecular weight is 607 g/mol. The van der Waals surface area contributed by atoms with E-state index in [1.165, 1.54) is 18.2 Å². The molecule has 9 heteroatoms. The van der Waals surface area contributed by atoms with Crippen LogP contribution in [0.1, 0.15) is 35.4 Å². The zero-order valence-corrected chi connectivity index (χ0v) is 24.1. The van der Waals surface area contributed by atoms with E-state index in [0.717, 1.165) is 0 Å². The number of nitrogens with two attached hydrogens (primary N) is 1. The summed E-state index contributed by atoms with van der Waals surface area (Å²) in [5, 5.41) is 10.4. The number of primary amides is 1. The minimum atomic E-state index is -1.44. The first-order valence-corrected chi connectivity index (χ1v) is 14.8. The number of hydrogen-bond acceptors (Lipinski definition) is 6. The number of hydrogen-bond donors (Lipinski definition) is 2. The van der Waals surface area contributed by atoms with Crippen LogP contribution in [0.2, 0.25) is 5.02 Å². The summed E-state index contributed by atoms with van der Waals surface area (Å²) in [5.41, 5.74) is 6.72. The zero-order chi connectivity index (χ0) is 30.9. The van der Waals surface area contributed by atoms with Gasteiger partial charge < -0.3 is 10.8 Å². The average Bonchev–Trinajstić information content (AvgIpc) is 3.28. The second-order valence-corrected chi connectivity index (χ2v) is 12.3. The van der Waals surface area contributed by atoms with E-state index in [0.29, 0.717) is 27.2 Å². The highest BCUT2D eigenvalue weighted by molar-refractivity contribution is 6.33. The summed E-state index contributed by atoms with van der Waals surface area (Å²) < 4.78 is 0. The van der Waals surface area contributed by atoms with Crippen LogP contribution in [0.4, 0.5) is 4.79 Å². The Morgan fingerprint density at radius 2 is 1.59 bits per heavy atom. The van der Waals surface area contributed by atoms with Crippen LogP contribution < -0.4 is 5.73 Å². The summed E-state index contributed by atoms with van der Waals surface area (Å²) in [7, 11) is 0. The van der Waals surface area contributed by atoms with Crippen molar-refractivity contribution >= 4 is 46.6 Å². The Morgan fingerprint density at radius 1 is 0.909 bits per heavy atom. The lowest BCUT2D eigenvalue weighted by molar-refractivity contribution is -0.137.